The predicted molar refractivity (Wildman–Crippen MR) is 61.8 cm³/mol. The van der Waals surface area contributed by atoms with Crippen molar-refractivity contribution in [2.45, 2.75) is 25.8 Å². The number of carbonyl (C=O) groups excluding carboxylic acids is 1. The van der Waals surface area contributed by atoms with Crippen molar-refractivity contribution in [1.82, 2.24) is 10.2 Å². The van der Waals surface area contributed by atoms with Crippen LogP contribution >= 0.6 is 0 Å². The Bertz CT molecular complexity index is 283. The lowest BCUT2D eigenvalue weighted by atomic mass is 9.99. The maximum atomic E-state index is 11.8. The van der Waals surface area contributed by atoms with Crippen molar-refractivity contribution in [3.63, 3.8) is 0 Å². The van der Waals surface area contributed by atoms with Gasteiger partial charge in [0.05, 0.1) is 18.6 Å². The lowest BCUT2D eigenvalue weighted by Crippen LogP contribution is -2.50. The quantitative estimate of drug-likeness (QED) is 0.756. The number of urea groups is 1. The molecule has 1 fully saturated rings. The number of rotatable bonds is 4. The van der Waals surface area contributed by atoms with Crippen molar-refractivity contribution >= 4 is 12.0 Å². The molecule has 1 saturated heterocycles. The average molecular weight is 244 g/mol. The molecule has 0 saturated carbocycles. The molecule has 6 nitrogen and oxygen atoms in total. The van der Waals surface area contributed by atoms with Gasteiger partial charge in [-0.05, 0) is 19.8 Å². The Balaban J connectivity index is 2.43. The summed E-state index contributed by atoms with van der Waals surface area (Å²) in [5.41, 5.74) is 0. The highest BCUT2D eigenvalue weighted by molar-refractivity contribution is 5.76. The zero-order valence-corrected chi connectivity index (χ0v) is 10.3. The van der Waals surface area contributed by atoms with Crippen molar-refractivity contribution in [3.8, 4) is 0 Å². The summed E-state index contributed by atoms with van der Waals surface area (Å²) in [4.78, 5) is 24.3. The van der Waals surface area contributed by atoms with Crippen LogP contribution in [0.25, 0.3) is 0 Å². The average Bonchev–Trinajstić information content (AvgIpc) is 2.29. The first kappa shape index (κ1) is 13.8. The third-order valence-electron chi connectivity index (χ3n) is 2.84. The van der Waals surface area contributed by atoms with E-state index >= 15 is 0 Å². The van der Waals surface area contributed by atoms with Gasteiger partial charge < -0.3 is 20.1 Å². The van der Waals surface area contributed by atoms with Crippen LogP contribution < -0.4 is 5.32 Å². The summed E-state index contributed by atoms with van der Waals surface area (Å²) in [6.45, 7) is 3.21. The number of ether oxygens (including phenoxy) is 1. The van der Waals surface area contributed by atoms with Crippen LogP contribution in [0.2, 0.25) is 0 Å². The number of nitrogens with one attached hydrogen (secondary N) is 1. The zero-order valence-electron chi connectivity index (χ0n) is 10.3. The van der Waals surface area contributed by atoms with Crippen LogP contribution in [0.1, 0.15) is 19.8 Å². The van der Waals surface area contributed by atoms with Crippen LogP contribution in [0.3, 0.4) is 0 Å². The molecule has 1 heterocycles. The van der Waals surface area contributed by atoms with Crippen LogP contribution in [0.5, 0.6) is 0 Å². The topological polar surface area (TPSA) is 78.9 Å². The Morgan fingerprint density at radius 2 is 2.29 bits per heavy atom. The van der Waals surface area contributed by atoms with Crippen molar-refractivity contribution in [2.24, 2.45) is 5.92 Å². The number of likely N-dealkylation sites (tertiary alicyclic amines) is 1. The largest absolute Gasteiger partial charge is 0.481 e. The van der Waals surface area contributed by atoms with Crippen molar-refractivity contribution in [1.29, 1.82) is 0 Å². The number of amides is 2. The van der Waals surface area contributed by atoms with E-state index in [1.165, 1.54) is 0 Å². The van der Waals surface area contributed by atoms with Crippen LogP contribution in [0, 0.1) is 5.92 Å². The van der Waals surface area contributed by atoms with Crippen LogP contribution in [0.4, 0.5) is 4.79 Å². The smallest absolute Gasteiger partial charge is 0.317 e. The first-order valence-electron chi connectivity index (χ1n) is 5.81. The second-order valence-corrected chi connectivity index (χ2v) is 4.43. The number of carboxylic acids is 1. The molecule has 2 N–H and O–H groups in total. The van der Waals surface area contributed by atoms with Gasteiger partial charge in [0.2, 0.25) is 0 Å². The molecule has 1 unspecified atom stereocenters. The number of aliphatic carboxylic acids is 1. The molecule has 0 aromatic rings. The third kappa shape index (κ3) is 4.22. The molecule has 0 radical (unpaired) electrons. The number of nitrogens with zero attached hydrogens (tertiary/aromatic N) is 1. The fourth-order valence-electron chi connectivity index (χ4n) is 1.96. The predicted octanol–water partition coefficient (Wildman–Crippen LogP) is 0.527. The highest BCUT2D eigenvalue weighted by Crippen LogP contribution is 2.16. The Morgan fingerprint density at radius 3 is 2.88 bits per heavy atom. The molecule has 6 heteroatoms. The summed E-state index contributed by atoms with van der Waals surface area (Å²) in [7, 11) is 1.57. The first-order chi connectivity index (χ1) is 8.04. The second kappa shape index (κ2) is 6.44. The number of carbonyl (C=O) groups is 2. The van der Waals surface area contributed by atoms with Gasteiger partial charge in [-0.2, -0.15) is 0 Å². The van der Waals surface area contributed by atoms with Gasteiger partial charge in [-0.15, -0.1) is 0 Å². The summed E-state index contributed by atoms with van der Waals surface area (Å²) in [5, 5.41) is 11.7. The number of methoxy groups -OCH3 is 1. The van der Waals surface area contributed by atoms with E-state index in [1.807, 2.05) is 6.92 Å². The van der Waals surface area contributed by atoms with Gasteiger partial charge in [0.1, 0.15) is 0 Å². The number of carboxylic acid groups (broad SMARTS) is 1. The van der Waals surface area contributed by atoms with Crippen LogP contribution in [-0.2, 0) is 9.53 Å². The fraction of sp³-hybridized carbons (Fsp3) is 0.818. The Morgan fingerprint density at radius 1 is 1.59 bits per heavy atom. The standard InChI is InChI=1S/C11H20N2O4/c1-8(7-17-2)12-11(16)13-5-3-4-9(6-13)10(14)15/h8-9H,3-7H2,1-2H3,(H,12,16)(H,14,15)/t8?,9-/m0/s1. The van der Waals surface area contributed by atoms with Crippen molar-refractivity contribution < 1.29 is 19.4 Å². The highest BCUT2D eigenvalue weighted by Gasteiger charge is 2.28. The lowest BCUT2D eigenvalue weighted by molar-refractivity contribution is -0.143. The Hall–Kier alpha value is -1.30. The monoisotopic (exact) mass is 244 g/mol. The molecular weight excluding hydrogens is 224 g/mol. The van der Waals surface area contributed by atoms with Gasteiger partial charge in [0.25, 0.3) is 0 Å². The second-order valence-electron chi connectivity index (χ2n) is 4.43. The molecule has 0 aliphatic carbocycles. The molecule has 98 valence electrons. The molecule has 2 amide bonds. The van der Waals surface area contributed by atoms with E-state index in [9.17, 15) is 9.59 Å². The molecule has 1 aliphatic heterocycles. The van der Waals surface area contributed by atoms with Crippen LogP contribution in [0.15, 0.2) is 0 Å². The minimum atomic E-state index is -0.826. The maximum Gasteiger partial charge on any atom is 0.317 e. The fourth-order valence-corrected chi connectivity index (χ4v) is 1.96. The number of hydrogen-bond donors (Lipinski definition) is 2. The molecule has 1 rings (SSSR count). The molecule has 17 heavy (non-hydrogen) atoms. The molecule has 2 atom stereocenters. The van der Waals surface area contributed by atoms with E-state index in [0.29, 0.717) is 26.1 Å². The van der Waals surface area contributed by atoms with Crippen molar-refractivity contribution in [3.05, 3.63) is 0 Å². The number of hydrogen-bond acceptors (Lipinski definition) is 3. The van der Waals surface area contributed by atoms with E-state index in [1.54, 1.807) is 12.0 Å². The summed E-state index contributed by atoms with van der Waals surface area (Å²) in [5.74, 6) is -1.26. The van der Waals surface area contributed by atoms with E-state index < -0.39 is 11.9 Å². The summed E-state index contributed by atoms with van der Waals surface area (Å²) < 4.78 is 4.92. The normalized spacial score (nSPS) is 22.0. The summed E-state index contributed by atoms with van der Waals surface area (Å²) in [6, 6.07) is -0.279. The minimum absolute atomic E-state index is 0.0716. The maximum absolute atomic E-state index is 11.8. The number of piperidine rings is 1. The summed E-state index contributed by atoms with van der Waals surface area (Å²) >= 11 is 0. The Labute approximate surface area is 101 Å². The van der Waals surface area contributed by atoms with E-state index in [4.69, 9.17) is 9.84 Å². The van der Waals surface area contributed by atoms with Gasteiger partial charge in [0, 0.05) is 20.2 Å². The SMILES string of the molecule is COCC(C)NC(=O)N1CCC[C@H](C(=O)O)C1. The molecule has 1 aliphatic rings. The van der Waals surface area contributed by atoms with Gasteiger partial charge in [0.15, 0.2) is 0 Å². The van der Waals surface area contributed by atoms with Gasteiger partial charge in [-0.25, -0.2) is 4.79 Å². The van der Waals surface area contributed by atoms with Crippen LogP contribution in [-0.4, -0.2) is 54.9 Å². The molecule has 0 aromatic heterocycles. The minimum Gasteiger partial charge on any atom is -0.481 e. The third-order valence-corrected chi connectivity index (χ3v) is 2.84. The molecule has 0 aromatic carbocycles. The van der Waals surface area contributed by atoms with Gasteiger partial charge in [-0.3, -0.25) is 4.79 Å². The molecular formula is C11H20N2O4. The van der Waals surface area contributed by atoms with E-state index in [-0.39, 0.29) is 12.1 Å². The lowest BCUT2D eigenvalue weighted by Gasteiger charge is -2.31. The zero-order chi connectivity index (χ0) is 12.8. The highest BCUT2D eigenvalue weighted by atomic mass is 16.5. The molecule has 0 spiro atoms. The Kier molecular flexibility index (Phi) is 5.21. The van der Waals surface area contributed by atoms with Gasteiger partial charge >= 0.3 is 12.0 Å². The first-order valence-corrected chi connectivity index (χ1v) is 5.81. The molecule has 0 bridgehead atoms. The van der Waals surface area contributed by atoms with E-state index in [0.717, 1.165) is 6.42 Å². The van der Waals surface area contributed by atoms with E-state index in [2.05, 4.69) is 5.32 Å². The van der Waals surface area contributed by atoms with Gasteiger partial charge in [-0.1, -0.05) is 0 Å². The van der Waals surface area contributed by atoms with Crippen molar-refractivity contribution in [2.75, 3.05) is 26.8 Å². The summed E-state index contributed by atoms with van der Waals surface area (Å²) in [6.07, 6.45) is 1.38.